The van der Waals surface area contributed by atoms with Crippen LogP contribution in [0.15, 0.2) is 0 Å². The summed E-state index contributed by atoms with van der Waals surface area (Å²) in [6, 6.07) is -0.0117. The van der Waals surface area contributed by atoms with Crippen molar-refractivity contribution in [3.63, 3.8) is 0 Å². The van der Waals surface area contributed by atoms with Gasteiger partial charge in [0.15, 0.2) is 0 Å². The number of carbonyl (C=O) groups excluding carboxylic acids is 1. The van der Waals surface area contributed by atoms with Gasteiger partial charge in [-0.25, -0.2) is 4.79 Å². The van der Waals surface area contributed by atoms with E-state index in [1.807, 2.05) is 4.90 Å². The van der Waals surface area contributed by atoms with E-state index in [9.17, 15) is 9.59 Å². The normalized spacial score (nSPS) is 26.4. The number of rotatable bonds is 4. The van der Waals surface area contributed by atoms with Crippen LogP contribution in [-0.4, -0.2) is 65.2 Å². The van der Waals surface area contributed by atoms with Crippen LogP contribution in [0, 0.1) is 5.92 Å². The van der Waals surface area contributed by atoms with E-state index in [1.54, 1.807) is 13.8 Å². The van der Waals surface area contributed by atoms with E-state index in [0.29, 0.717) is 6.04 Å². The number of urea groups is 1. The lowest BCUT2D eigenvalue weighted by Gasteiger charge is -2.32. The number of piperidine rings is 1. The van der Waals surface area contributed by atoms with Gasteiger partial charge < -0.3 is 15.3 Å². The Bertz CT molecular complexity index is 382. The zero-order valence-electron chi connectivity index (χ0n) is 13.0. The highest BCUT2D eigenvalue weighted by molar-refractivity contribution is 5.76. The van der Waals surface area contributed by atoms with Gasteiger partial charge in [0.2, 0.25) is 0 Å². The van der Waals surface area contributed by atoms with Crippen LogP contribution in [-0.2, 0) is 4.79 Å². The van der Waals surface area contributed by atoms with Crippen LogP contribution in [0.1, 0.15) is 39.5 Å². The summed E-state index contributed by atoms with van der Waals surface area (Å²) in [7, 11) is 0. The summed E-state index contributed by atoms with van der Waals surface area (Å²) >= 11 is 0. The maximum Gasteiger partial charge on any atom is 0.317 e. The molecule has 0 aromatic carbocycles. The predicted molar refractivity (Wildman–Crippen MR) is 80.2 cm³/mol. The quantitative estimate of drug-likeness (QED) is 0.822. The number of hydrogen-bond donors (Lipinski definition) is 2. The van der Waals surface area contributed by atoms with E-state index < -0.39 is 11.9 Å². The van der Waals surface area contributed by atoms with E-state index in [1.165, 1.54) is 19.3 Å². The second-order valence-electron chi connectivity index (χ2n) is 6.35. The molecule has 0 aromatic rings. The first-order valence-corrected chi connectivity index (χ1v) is 8.01. The Morgan fingerprint density at radius 1 is 1.14 bits per heavy atom. The first-order chi connectivity index (χ1) is 9.99. The first-order valence-electron chi connectivity index (χ1n) is 8.01. The Balaban J connectivity index is 1.80. The Hall–Kier alpha value is -1.30. The lowest BCUT2D eigenvalue weighted by molar-refractivity contribution is -0.141. The number of carboxylic acid groups (broad SMARTS) is 1. The summed E-state index contributed by atoms with van der Waals surface area (Å²) in [5, 5.41) is 11.8. The average Bonchev–Trinajstić information content (AvgIpc) is 2.97. The van der Waals surface area contributed by atoms with Crippen molar-refractivity contribution in [1.29, 1.82) is 0 Å². The highest BCUT2D eigenvalue weighted by atomic mass is 16.4. The topological polar surface area (TPSA) is 72.9 Å². The number of carbonyl (C=O) groups is 2. The highest BCUT2D eigenvalue weighted by Crippen LogP contribution is 2.20. The Labute approximate surface area is 126 Å². The minimum Gasteiger partial charge on any atom is -0.481 e. The second-order valence-corrected chi connectivity index (χ2v) is 6.35. The molecule has 2 heterocycles. The molecule has 0 saturated carbocycles. The van der Waals surface area contributed by atoms with Gasteiger partial charge in [-0.1, -0.05) is 6.42 Å². The minimum atomic E-state index is -0.879. The molecule has 6 nitrogen and oxygen atoms in total. The van der Waals surface area contributed by atoms with Gasteiger partial charge in [0.1, 0.15) is 0 Å². The monoisotopic (exact) mass is 297 g/mol. The molecule has 0 aromatic heterocycles. The molecule has 2 aliphatic rings. The maximum atomic E-state index is 12.2. The first kappa shape index (κ1) is 16.1. The molecule has 0 spiro atoms. The predicted octanol–water partition coefficient (Wildman–Crippen LogP) is 1.37. The molecule has 2 saturated heterocycles. The second kappa shape index (κ2) is 7.11. The van der Waals surface area contributed by atoms with Gasteiger partial charge in [-0.05, 0) is 46.2 Å². The van der Waals surface area contributed by atoms with Gasteiger partial charge in [-0.3, -0.25) is 9.69 Å². The van der Waals surface area contributed by atoms with Gasteiger partial charge in [-0.15, -0.1) is 0 Å². The van der Waals surface area contributed by atoms with E-state index in [2.05, 4.69) is 10.2 Å². The molecule has 0 radical (unpaired) electrons. The van der Waals surface area contributed by atoms with Crippen molar-refractivity contribution in [2.24, 2.45) is 5.92 Å². The van der Waals surface area contributed by atoms with Crippen LogP contribution in [0.5, 0.6) is 0 Å². The third-order valence-electron chi connectivity index (χ3n) is 4.85. The van der Waals surface area contributed by atoms with E-state index in [0.717, 1.165) is 32.6 Å². The van der Waals surface area contributed by atoms with Crippen LogP contribution in [0.3, 0.4) is 0 Å². The van der Waals surface area contributed by atoms with Crippen LogP contribution in [0.4, 0.5) is 4.79 Å². The minimum absolute atomic E-state index is 0.130. The number of aliphatic carboxylic acids is 1. The van der Waals surface area contributed by atoms with Crippen molar-refractivity contribution >= 4 is 12.0 Å². The molecule has 120 valence electrons. The van der Waals surface area contributed by atoms with Crippen LogP contribution >= 0.6 is 0 Å². The fourth-order valence-electron chi connectivity index (χ4n) is 3.13. The van der Waals surface area contributed by atoms with E-state index >= 15 is 0 Å². The van der Waals surface area contributed by atoms with Crippen LogP contribution in [0.2, 0.25) is 0 Å². The van der Waals surface area contributed by atoms with Crippen molar-refractivity contribution in [3.8, 4) is 0 Å². The van der Waals surface area contributed by atoms with E-state index in [-0.39, 0.29) is 12.1 Å². The van der Waals surface area contributed by atoms with Gasteiger partial charge in [0.05, 0.1) is 5.92 Å². The number of hydrogen-bond acceptors (Lipinski definition) is 3. The molecule has 0 bridgehead atoms. The number of nitrogens with one attached hydrogen (secondary N) is 1. The van der Waals surface area contributed by atoms with Gasteiger partial charge >= 0.3 is 12.0 Å². The molecular weight excluding hydrogens is 270 g/mol. The molecule has 6 heteroatoms. The molecule has 2 fully saturated rings. The molecular formula is C15H27N3O3. The Morgan fingerprint density at radius 3 is 2.43 bits per heavy atom. The largest absolute Gasteiger partial charge is 0.481 e. The standard InChI is InChI=1S/C15H27N3O3/c1-11(14(19)20)12(2)16-15(21)18-9-6-13(10-18)17-7-4-3-5-8-17/h11-13H,3-10H2,1-2H3,(H,16,21)(H,19,20). The Morgan fingerprint density at radius 2 is 1.81 bits per heavy atom. The lowest BCUT2D eigenvalue weighted by atomic mass is 10.0. The number of nitrogens with zero attached hydrogens (tertiary/aromatic N) is 2. The SMILES string of the molecule is CC(NC(=O)N1CCC(N2CCCCC2)C1)C(C)C(=O)O. The zero-order valence-corrected chi connectivity index (χ0v) is 13.0. The Kier molecular flexibility index (Phi) is 5.45. The van der Waals surface area contributed by atoms with Gasteiger partial charge in [0, 0.05) is 25.2 Å². The smallest absolute Gasteiger partial charge is 0.317 e. The summed E-state index contributed by atoms with van der Waals surface area (Å²) in [6.45, 7) is 7.18. The number of amides is 2. The summed E-state index contributed by atoms with van der Waals surface area (Å²) in [5.74, 6) is -1.45. The maximum absolute atomic E-state index is 12.2. The van der Waals surface area contributed by atoms with Gasteiger partial charge in [0.25, 0.3) is 0 Å². The summed E-state index contributed by atoms with van der Waals surface area (Å²) in [4.78, 5) is 27.5. The zero-order chi connectivity index (χ0) is 15.4. The molecule has 3 atom stereocenters. The molecule has 3 unspecified atom stereocenters. The molecule has 21 heavy (non-hydrogen) atoms. The third-order valence-corrected chi connectivity index (χ3v) is 4.85. The highest BCUT2D eigenvalue weighted by Gasteiger charge is 2.32. The van der Waals surface area contributed by atoms with Crippen molar-refractivity contribution < 1.29 is 14.7 Å². The summed E-state index contributed by atoms with van der Waals surface area (Å²) < 4.78 is 0. The lowest BCUT2D eigenvalue weighted by Crippen LogP contribution is -2.48. The van der Waals surface area contributed by atoms with Crippen molar-refractivity contribution in [2.45, 2.75) is 51.6 Å². The molecule has 0 aliphatic carbocycles. The van der Waals surface area contributed by atoms with Crippen LogP contribution in [0.25, 0.3) is 0 Å². The summed E-state index contributed by atoms with van der Waals surface area (Å²) in [5.41, 5.74) is 0. The fourth-order valence-corrected chi connectivity index (χ4v) is 3.13. The van der Waals surface area contributed by atoms with Crippen LogP contribution < -0.4 is 5.32 Å². The van der Waals surface area contributed by atoms with Crippen molar-refractivity contribution in [1.82, 2.24) is 15.1 Å². The summed E-state index contributed by atoms with van der Waals surface area (Å²) in [6.07, 6.45) is 4.86. The molecule has 2 rings (SSSR count). The molecule has 2 amide bonds. The average molecular weight is 297 g/mol. The van der Waals surface area contributed by atoms with E-state index in [4.69, 9.17) is 5.11 Å². The number of likely N-dealkylation sites (tertiary alicyclic amines) is 2. The molecule has 2 N–H and O–H groups in total. The third kappa shape index (κ3) is 4.09. The van der Waals surface area contributed by atoms with Crippen molar-refractivity contribution in [3.05, 3.63) is 0 Å². The number of carboxylic acids is 1. The van der Waals surface area contributed by atoms with Crippen molar-refractivity contribution in [2.75, 3.05) is 26.2 Å². The fraction of sp³-hybridized carbons (Fsp3) is 0.867. The molecule has 2 aliphatic heterocycles. The van der Waals surface area contributed by atoms with Gasteiger partial charge in [-0.2, -0.15) is 0 Å².